The van der Waals surface area contributed by atoms with Crippen LogP contribution in [-0.4, -0.2) is 12.6 Å². The van der Waals surface area contributed by atoms with E-state index in [0.717, 1.165) is 12.8 Å². The molecule has 2 rings (SSSR count). The van der Waals surface area contributed by atoms with Gasteiger partial charge in [-0.25, -0.2) is 4.79 Å². The fourth-order valence-electron chi connectivity index (χ4n) is 3.28. The van der Waals surface area contributed by atoms with Gasteiger partial charge in [0.05, 0.1) is 6.61 Å². The van der Waals surface area contributed by atoms with E-state index in [0.29, 0.717) is 6.61 Å². The highest BCUT2D eigenvalue weighted by molar-refractivity contribution is 5.81. The van der Waals surface area contributed by atoms with Gasteiger partial charge in [0.25, 0.3) is 0 Å². The largest absolute Gasteiger partial charge is 0.462 e. The van der Waals surface area contributed by atoms with Crippen LogP contribution in [0.25, 0.3) is 0 Å². The van der Waals surface area contributed by atoms with Crippen LogP contribution < -0.4 is 0 Å². The molecule has 2 nitrogen and oxygen atoms in total. The summed E-state index contributed by atoms with van der Waals surface area (Å²) >= 11 is 0. The maximum absolute atomic E-state index is 11.1. The monoisotopic (exact) mass is 244 g/mol. The number of ether oxygens (including phenoxy) is 1. The Balaban J connectivity index is 1.96. The Morgan fingerprint density at radius 1 is 1.33 bits per heavy atom. The molecule has 1 aliphatic rings. The molecule has 0 N–H and O–H groups in total. The highest BCUT2D eigenvalue weighted by Crippen LogP contribution is 2.55. The zero-order chi connectivity index (χ0) is 13.2. The first kappa shape index (κ1) is 12.9. The van der Waals surface area contributed by atoms with Gasteiger partial charge in [-0.15, -0.1) is 0 Å². The molecule has 1 aliphatic carbocycles. The highest BCUT2D eigenvalue weighted by atomic mass is 16.5. The number of carbonyl (C=O) groups excluding carboxylic acids is 1. The van der Waals surface area contributed by atoms with Crippen LogP contribution >= 0.6 is 0 Å². The Bertz CT molecular complexity index is 441. The third kappa shape index (κ3) is 2.47. The van der Waals surface area contributed by atoms with Crippen LogP contribution in [0.3, 0.4) is 0 Å². The summed E-state index contributed by atoms with van der Waals surface area (Å²) < 4.78 is 5.17. The van der Waals surface area contributed by atoms with E-state index in [1.165, 1.54) is 11.6 Å². The van der Waals surface area contributed by atoms with E-state index in [1.54, 1.807) is 0 Å². The third-order valence-corrected chi connectivity index (χ3v) is 3.83. The van der Waals surface area contributed by atoms with Crippen LogP contribution in [0.1, 0.15) is 32.3 Å². The summed E-state index contributed by atoms with van der Waals surface area (Å²) in [6.07, 6.45) is 3.32. The van der Waals surface area contributed by atoms with Crippen LogP contribution in [0.2, 0.25) is 0 Å². The Morgan fingerprint density at radius 3 is 2.50 bits per heavy atom. The molecule has 0 bridgehead atoms. The first-order chi connectivity index (χ1) is 8.47. The Labute approximate surface area is 109 Å². The van der Waals surface area contributed by atoms with Gasteiger partial charge in [-0.1, -0.05) is 50.8 Å². The van der Waals surface area contributed by atoms with E-state index in [4.69, 9.17) is 4.74 Å². The van der Waals surface area contributed by atoms with Gasteiger partial charge in [0.1, 0.15) is 0 Å². The molecule has 1 aromatic rings. The smallest absolute Gasteiger partial charge is 0.330 e. The summed E-state index contributed by atoms with van der Waals surface area (Å²) in [7, 11) is 0. The summed E-state index contributed by atoms with van der Waals surface area (Å²) in [5.74, 6) is -0.329. The molecule has 1 aromatic carbocycles. The molecule has 0 aromatic heterocycles. The molecule has 0 atom stereocenters. The fourth-order valence-corrected chi connectivity index (χ4v) is 3.28. The summed E-state index contributed by atoms with van der Waals surface area (Å²) in [5, 5.41) is 0. The molecule has 0 saturated heterocycles. The van der Waals surface area contributed by atoms with Gasteiger partial charge in [-0.3, -0.25) is 0 Å². The molecule has 0 unspecified atom stereocenters. The molecule has 0 heterocycles. The van der Waals surface area contributed by atoms with E-state index in [-0.39, 0.29) is 16.8 Å². The second-order valence-corrected chi connectivity index (χ2v) is 5.90. The number of benzene rings is 1. The van der Waals surface area contributed by atoms with Crippen LogP contribution in [0, 0.1) is 5.41 Å². The standard InChI is InChI=1S/C16H20O2/c1-4-14(17)18-12-15(2)10-16(3,11-15)13-8-6-5-7-9-13/h4-9H,1,10-12H2,2-3H3. The SMILES string of the molecule is C=CC(=O)OCC1(C)CC(C)(c2ccccc2)C1. The molecule has 1 saturated carbocycles. The summed E-state index contributed by atoms with van der Waals surface area (Å²) in [6, 6.07) is 10.5. The van der Waals surface area contributed by atoms with E-state index in [1.807, 2.05) is 6.07 Å². The normalized spacial score (nSPS) is 30.3. The predicted molar refractivity (Wildman–Crippen MR) is 72.3 cm³/mol. The molecule has 0 radical (unpaired) electrons. The van der Waals surface area contributed by atoms with Crippen molar-refractivity contribution in [1.29, 1.82) is 0 Å². The maximum Gasteiger partial charge on any atom is 0.330 e. The van der Waals surface area contributed by atoms with E-state index < -0.39 is 0 Å². The summed E-state index contributed by atoms with van der Waals surface area (Å²) in [5.41, 5.74) is 1.69. The predicted octanol–water partition coefficient (Wildman–Crippen LogP) is 3.47. The average molecular weight is 244 g/mol. The van der Waals surface area contributed by atoms with Crippen molar-refractivity contribution < 1.29 is 9.53 Å². The van der Waals surface area contributed by atoms with E-state index in [2.05, 4.69) is 44.7 Å². The van der Waals surface area contributed by atoms with Crippen molar-refractivity contribution in [2.24, 2.45) is 5.41 Å². The number of rotatable bonds is 4. The molecule has 0 spiro atoms. The van der Waals surface area contributed by atoms with Gasteiger partial charge >= 0.3 is 5.97 Å². The Morgan fingerprint density at radius 2 is 1.94 bits per heavy atom. The lowest BCUT2D eigenvalue weighted by molar-refractivity contribution is -0.145. The minimum Gasteiger partial charge on any atom is -0.462 e. The van der Waals surface area contributed by atoms with Crippen LogP contribution in [0.15, 0.2) is 43.0 Å². The first-order valence-electron chi connectivity index (χ1n) is 6.32. The summed E-state index contributed by atoms with van der Waals surface area (Å²) in [6.45, 7) is 8.35. The highest BCUT2D eigenvalue weighted by Gasteiger charge is 2.50. The van der Waals surface area contributed by atoms with Gasteiger partial charge in [-0.05, 0) is 23.8 Å². The van der Waals surface area contributed by atoms with Crippen LogP contribution in [-0.2, 0) is 14.9 Å². The van der Waals surface area contributed by atoms with Crippen LogP contribution in [0.4, 0.5) is 0 Å². The molecule has 18 heavy (non-hydrogen) atoms. The van der Waals surface area contributed by atoms with Gasteiger partial charge in [-0.2, -0.15) is 0 Å². The molecule has 1 fully saturated rings. The Hall–Kier alpha value is -1.57. The Kier molecular flexibility index (Phi) is 3.29. The van der Waals surface area contributed by atoms with Crippen molar-refractivity contribution in [3.05, 3.63) is 48.6 Å². The van der Waals surface area contributed by atoms with E-state index in [9.17, 15) is 4.79 Å². The lowest BCUT2D eigenvalue weighted by Crippen LogP contribution is -2.48. The van der Waals surface area contributed by atoms with Crippen molar-refractivity contribution in [3.8, 4) is 0 Å². The number of hydrogen-bond donors (Lipinski definition) is 0. The van der Waals surface area contributed by atoms with E-state index >= 15 is 0 Å². The molecule has 2 heteroatoms. The lowest BCUT2D eigenvalue weighted by Gasteiger charge is -2.53. The second-order valence-electron chi connectivity index (χ2n) is 5.90. The maximum atomic E-state index is 11.1. The third-order valence-electron chi connectivity index (χ3n) is 3.83. The average Bonchev–Trinajstić information content (AvgIpc) is 2.35. The number of carbonyl (C=O) groups is 1. The van der Waals surface area contributed by atoms with Crippen LogP contribution in [0.5, 0.6) is 0 Å². The van der Waals surface area contributed by atoms with Crippen molar-refractivity contribution >= 4 is 5.97 Å². The minimum atomic E-state index is -0.329. The van der Waals surface area contributed by atoms with Crippen molar-refractivity contribution in [2.45, 2.75) is 32.1 Å². The zero-order valence-corrected chi connectivity index (χ0v) is 11.1. The molecular formula is C16H20O2. The van der Waals surface area contributed by atoms with Crippen molar-refractivity contribution in [1.82, 2.24) is 0 Å². The summed E-state index contributed by atoms with van der Waals surface area (Å²) in [4.78, 5) is 11.1. The van der Waals surface area contributed by atoms with Gasteiger partial charge in [0.2, 0.25) is 0 Å². The molecular weight excluding hydrogens is 224 g/mol. The van der Waals surface area contributed by atoms with Crippen molar-refractivity contribution in [3.63, 3.8) is 0 Å². The van der Waals surface area contributed by atoms with Gasteiger partial charge < -0.3 is 4.74 Å². The van der Waals surface area contributed by atoms with Gasteiger partial charge in [0, 0.05) is 11.5 Å². The molecule has 0 amide bonds. The second kappa shape index (κ2) is 4.60. The number of hydrogen-bond acceptors (Lipinski definition) is 2. The van der Waals surface area contributed by atoms with Crippen molar-refractivity contribution in [2.75, 3.05) is 6.61 Å². The molecule has 0 aliphatic heterocycles. The first-order valence-corrected chi connectivity index (χ1v) is 6.32. The zero-order valence-electron chi connectivity index (χ0n) is 11.1. The molecule has 96 valence electrons. The quantitative estimate of drug-likeness (QED) is 0.599. The fraction of sp³-hybridized carbons (Fsp3) is 0.438. The lowest BCUT2D eigenvalue weighted by atomic mass is 9.52. The number of esters is 1. The topological polar surface area (TPSA) is 26.3 Å². The minimum absolute atomic E-state index is 0.100. The van der Waals surface area contributed by atoms with Gasteiger partial charge in [0.15, 0.2) is 0 Å².